The zero-order chi connectivity index (χ0) is 40.7. The molecule has 12 N–H and O–H groups in total. The number of methoxy groups -OCH3 is 1. The first-order valence-corrected chi connectivity index (χ1v) is 16.8. The lowest BCUT2D eigenvalue weighted by atomic mass is 10.1. The molecule has 20 heteroatoms. The van der Waals surface area contributed by atoms with Crippen LogP contribution in [0.2, 0.25) is 0 Å². The van der Waals surface area contributed by atoms with E-state index in [2.05, 4.69) is 27.4 Å². The van der Waals surface area contributed by atoms with Crippen LogP contribution in [0, 0.1) is 17.0 Å². The van der Waals surface area contributed by atoms with Gasteiger partial charge in [0.25, 0.3) is 11.6 Å². The highest BCUT2D eigenvalue weighted by Gasteiger charge is 2.23. The molecule has 0 bridgehead atoms. The Hall–Kier alpha value is -6.93. The molecule has 3 rings (SSSR count). The van der Waals surface area contributed by atoms with Gasteiger partial charge in [-0.05, 0) is 50.9 Å². The third kappa shape index (κ3) is 11.8. The van der Waals surface area contributed by atoms with Crippen molar-refractivity contribution in [2.24, 2.45) is 33.8 Å². The topological polar surface area (TPSA) is 304 Å². The SMILES string of the molecule is C=Nc1cc(C(N)=O)cc(OC)c1N(C/C=C/CNc1c(OC/C=C/CN(N)/C=C(\N)CN)cc(C(N)=O)cc1[N+](=O)[O-])CNC(=O)c1cc(C)nn1CC. The third-order valence-electron chi connectivity index (χ3n) is 7.75. The van der Waals surface area contributed by atoms with Gasteiger partial charge in [-0.3, -0.25) is 34.2 Å². The number of hydrogen-bond acceptors (Lipinski definition) is 15. The highest BCUT2D eigenvalue weighted by atomic mass is 16.6. The first kappa shape index (κ1) is 42.5. The normalized spacial score (nSPS) is 11.4. The minimum Gasteiger partial charge on any atom is -0.494 e. The fourth-order valence-corrected chi connectivity index (χ4v) is 5.14. The van der Waals surface area contributed by atoms with E-state index >= 15 is 0 Å². The lowest BCUT2D eigenvalue weighted by molar-refractivity contribution is -0.384. The summed E-state index contributed by atoms with van der Waals surface area (Å²) in [6.07, 6.45) is 8.19. The summed E-state index contributed by atoms with van der Waals surface area (Å²) in [5.74, 6) is 4.12. The maximum Gasteiger partial charge on any atom is 0.296 e. The molecular weight excluding hydrogens is 714 g/mol. The minimum atomic E-state index is -0.882. The van der Waals surface area contributed by atoms with Crippen LogP contribution in [0.25, 0.3) is 0 Å². The number of aliphatic imine (C=N–C) groups is 1. The molecule has 0 fully saturated rings. The van der Waals surface area contributed by atoms with E-state index < -0.39 is 22.4 Å². The number of hydrazine groups is 1. The number of nitro groups is 1. The molecule has 3 aromatic rings. The number of nitro benzene ring substituents is 1. The van der Waals surface area contributed by atoms with Crippen molar-refractivity contribution >= 4 is 47.2 Å². The van der Waals surface area contributed by atoms with Gasteiger partial charge in [0, 0.05) is 55.3 Å². The van der Waals surface area contributed by atoms with E-state index in [1.165, 1.54) is 36.5 Å². The predicted molar refractivity (Wildman–Crippen MR) is 209 cm³/mol. The Morgan fingerprint density at radius 1 is 1.04 bits per heavy atom. The van der Waals surface area contributed by atoms with Gasteiger partial charge in [-0.1, -0.05) is 18.2 Å². The lowest BCUT2D eigenvalue weighted by Crippen LogP contribution is -2.39. The number of nitrogens with one attached hydrogen (secondary N) is 2. The first-order valence-electron chi connectivity index (χ1n) is 16.8. The van der Waals surface area contributed by atoms with Crippen LogP contribution in [0.3, 0.4) is 0 Å². The van der Waals surface area contributed by atoms with Crippen LogP contribution in [0.5, 0.6) is 11.5 Å². The highest BCUT2D eigenvalue weighted by molar-refractivity contribution is 5.97. The minimum absolute atomic E-state index is 0.000885. The van der Waals surface area contributed by atoms with Gasteiger partial charge in [0.2, 0.25) is 11.8 Å². The molecule has 0 saturated heterocycles. The molecule has 2 aromatic carbocycles. The van der Waals surface area contributed by atoms with Crippen molar-refractivity contribution in [1.82, 2.24) is 20.1 Å². The van der Waals surface area contributed by atoms with Crippen molar-refractivity contribution in [2.45, 2.75) is 20.4 Å². The van der Waals surface area contributed by atoms with E-state index in [9.17, 15) is 24.5 Å². The molecule has 0 aliphatic rings. The van der Waals surface area contributed by atoms with Gasteiger partial charge in [-0.15, -0.1) is 0 Å². The Morgan fingerprint density at radius 3 is 2.33 bits per heavy atom. The molecule has 1 heterocycles. The van der Waals surface area contributed by atoms with Gasteiger partial charge < -0.3 is 53.0 Å². The Kier molecular flexibility index (Phi) is 15.7. The molecule has 0 spiro atoms. The quantitative estimate of drug-likeness (QED) is 0.0190. The largest absolute Gasteiger partial charge is 0.494 e. The average molecular weight is 762 g/mol. The Balaban J connectivity index is 1.88. The van der Waals surface area contributed by atoms with Crippen LogP contribution in [0.4, 0.5) is 22.7 Å². The number of carbonyl (C=O) groups is 3. The lowest BCUT2D eigenvalue weighted by Gasteiger charge is -2.27. The predicted octanol–water partition coefficient (Wildman–Crippen LogP) is 1.39. The summed E-state index contributed by atoms with van der Waals surface area (Å²) in [5.41, 5.74) is 23.8. The molecule has 0 unspecified atom stereocenters. The number of amides is 3. The second kappa shape index (κ2) is 20.3. The molecule has 20 nitrogen and oxygen atoms in total. The molecule has 0 radical (unpaired) electrons. The molecule has 1 aromatic heterocycles. The summed E-state index contributed by atoms with van der Waals surface area (Å²) in [6.45, 7) is 8.26. The number of hydrogen-bond donors (Lipinski definition) is 7. The van der Waals surface area contributed by atoms with E-state index in [1.54, 1.807) is 46.9 Å². The van der Waals surface area contributed by atoms with Crippen molar-refractivity contribution in [3.8, 4) is 11.5 Å². The number of aryl methyl sites for hydroxylation is 2. The number of primary amides is 2. The van der Waals surface area contributed by atoms with Crippen molar-refractivity contribution in [2.75, 3.05) is 56.8 Å². The number of nitrogens with two attached hydrogens (primary N) is 5. The second-order valence-corrected chi connectivity index (χ2v) is 11.7. The van der Waals surface area contributed by atoms with E-state index in [4.69, 9.17) is 38.3 Å². The van der Waals surface area contributed by atoms with E-state index in [0.29, 0.717) is 29.3 Å². The van der Waals surface area contributed by atoms with Crippen LogP contribution in [0.15, 0.2) is 71.5 Å². The van der Waals surface area contributed by atoms with Crippen LogP contribution in [-0.4, -0.2) is 90.7 Å². The third-order valence-corrected chi connectivity index (χ3v) is 7.75. The molecule has 0 atom stereocenters. The van der Waals surface area contributed by atoms with Gasteiger partial charge in [-0.2, -0.15) is 5.10 Å². The zero-order valence-electron chi connectivity index (χ0n) is 30.9. The summed E-state index contributed by atoms with van der Waals surface area (Å²) in [5, 5.41) is 23.6. The maximum atomic E-state index is 13.3. The summed E-state index contributed by atoms with van der Waals surface area (Å²) < 4.78 is 13.0. The monoisotopic (exact) mass is 761 g/mol. The zero-order valence-corrected chi connectivity index (χ0v) is 30.9. The molecule has 55 heavy (non-hydrogen) atoms. The Bertz CT molecular complexity index is 1970. The molecule has 0 aliphatic heterocycles. The van der Waals surface area contributed by atoms with E-state index in [1.807, 2.05) is 6.92 Å². The van der Waals surface area contributed by atoms with Crippen LogP contribution < -0.4 is 53.8 Å². The number of anilines is 2. The number of benzene rings is 2. The van der Waals surface area contributed by atoms with Gasteiger partial charge in [0.1, 0.15) is 23.7 Å². The summed E-state index contributed by atoms with van der Waals surface area (Å²) in [4.78, 5) is 54.5. The summed E-state index contributed by atoms with van der Waals surface area (Å²) in [6, 6.07) is 6.94. The summed E-state index contributed by atoms with van der Waals surface area (Å²) in [7, 11) is 1.41. The van der Waals surface area contributed by atoms with Crippen molar-refractivity contribution in [3.05, 3.63) is 99.2 Å². The molecular formula is C35H47N13O7. The molecule has 3 amide bonds. The highest BCUT2D eigenvalue weighted by Crippen LogP contribution is 2.39. The van der Waals surface area contributed by atoms with E-state index in [-0.39, 0.29) is 79.4 Å². The number of carbonyl (C=O) groups excluding carboxylic acids is 3. The fourth-order valence-electron chi connectivity index (χ4n) is 5.14. The van der Waals surface area contributed by atoms with Crippen molar-refractivity contribution in [3.63, 3.8) is 0 Å². The van der Waals surface area contributed by atoms with Crippen LogP contribution >= 0.6 is 0 Å². The fraction of sp³-hybridized carbons (Fsp3) is 0.286. The first-order chi connectivity index (χ1) is 26.2. The van der Waals surface area contributed by atoms with Crippen LogP contribution in [0.1, 0.15) is 43.8 Å². The second-order valence-electron chi connectivity index (χ2n) is 11.7. The van der Waals surface area contributed by atoms with Gasteiger partial charge in [0.15, 0.2) is 11.4 Å². The Labute approximate surface area is 317 Å². The average Bonchev–Trinajstić information content (AvgIpc) is 3.55. The van der Waals surface area contributed by atoms with Gasteiger partial charge in [-0.25, -0.2) is 5.84 Å². The van der Waals surface area contributed by atoms with E-state index in [0.717, 1.165) is 6.07 Å². The van der Waals surface area contributed by atoms with Gasteiger partial charge >= 0.3 is 0 Å². The van der Waals surface area contributed by atoms with Crippen molar-refractivity contribution in [1.29, 1.82) is 0 Å². The molecule has 0 aliphatic carbocycles. The Morgan fingerprint density at radius 2 is 1.71 bits per heavy atom. The van der Waals surface area contributed by atoms with Crippen molar-refractivity contribution < 1.29 is 28.8 Å². The number of rotatable bonds is 22. The number of ether oxygens (including phenoxy) is 2. The van der Waals surface area contributed by atoms with Crippen LogP contribution in [-0.2, 0) is 6.54 Å². The number of nitrogens with zero attached hydrogens (tertiary/aromatic N) is 6. The summed E-state index contributed by atoms with van der Waals surface area (Å²) >= 11 is 0. The van der Waals surface area contributed by atoms with Gasteiger partial charge in [0.05, 0.1) is 36.6 Å². The number of aromatic nitrogens is 2. The molecule has 294 valence electrons. The standard InChI is InChI=1S/C35H47N13O7/c1-5-47-28(14-22(2)44-47)35(51)43-21-45(32-26(41-3)15-23(33(38)49)18-30(32)54-4)11-7-6-10-42-31-27(48(52)53)16-24(34(39)50)17-29(31)55-13-9-8-12-46(40)20-25(37)19-36/h6-9,14-18,20,42H,3,5,10-13,19,21,36-37,40H2,1-2,4H3,(H2,38,49)(H2,39,50)(H,43,51)/b7-6+,9-8+,25-20-. The maximum absolute atomic E-state index is 13.3. The molecule has 0 saturated carbocycles. The smallest absolute Gasteiger partial charge is 0.296 e.